The van der Waals surface area contributed by atoms with E-state index < -0.39 is 5.97 Å². The number of rotatable bonds is 5. The van der Waals surface area contributed by atoms with E-state index in [-0.39, 0.29) is 5.56 Å². The van der Waals surface area contributed by atoms with Gasteiger partial charge in [0, 0.05) is 17.3 Å². The number of aromatic amines is 1. The third-order valence-electron chi connectivity index (χ3n) is 3.30. The molecule has 1 aromatic heterocycles. The predicted molar refractivity (Wildman–Crippen MR) is 87.0 cm³/mol. The Morgan fingerprint density at radius 3 is 2.50 bits per heavy atom. The maximum Gasteiger partial charge on any atom is 0.340 e. The highest BCUT2D eigenvalue weighted by Gasteiger charge is 2.20. The average Bonchev–Trinajstić information content (AvgIpc) is 2.47. The van der Waals surface area contributed by atoms with Gasteiger partial charge in [0.2, 0.25) is 5.56 Å². The molecule has 0 atom stereocenters. The van der Waals surface area contributed by atoms with E-state index in [1.54, 1.807) is 6.92 Å². The molecule has 1 N–H and O–H groups in total. The number of hydrogen-bond donors (Lipinski definition) is 1. The van der Waals surface area contributed by atoms with Gasteiger partial charge in [0.05, 0.1) is 12.2 Å². The maximum atomic E-state index is 12.4. The van der Waals surface area contributed by atoms with Crippen LogP contribution in [0.2, 0.25) is 0 Å². The summed E-state index contributed by atoms with van der Waals surface area (Å²) < 4.78 is 5.19. The number of esters is 1. The van der Waals surface area contributed by atoms with Crippen molar-refractivity contribution in [1.29, 1.82) is 0 Å². The smallest absolute Gasteiger partial charge is 0.340 e. The molecule has 0 saturated heterocycles. The third-order valence-corrected chi connectivity index (χ3v) is 3.30. The first-order chi connectivity index (χ1) is 10.5. The Morgan fingerprint density at radius 1 is 1.23 bits per heavy atom. The van der Waals surface area contributed by atoms with Gasteiger partial charge >= 0.3 is 5.97 Å². The van der Waals surface area contributed by atoms with Gasteiger partial charge in [0.1, 0.15) is 0 Å². The maximum absolute atomic E-state index is 12.4. The van der Waals surface area contributed by atoms with E-state index in [0.717, 1.165) is 5.56 Å². The molecule has 2 rings (SSSR count). The van der Waals surface area contributed by atoms with Gasteiger partial charge in [0.15, 0.2) is 0 Å². The molecule has 0 aliphatic rings. The Hall–Kier alpha value is -2.36. The van der Waals surface area contributed by atoms with E-state index in [1.807, 2.05) is 44.2 Å². The minimum absolute atomic E-state index is 0.206. The molecule has 2 aromatic rings. The van der Waals surface area contributed by atoms with Gasteiger partial charge in [-0.05, 0) is 24.8 Å². The van der Waals surface area contributed by atoms with Gasteiger partial charge in [-0.25, -0.2) is 4.79 Å². The lowest BCUT2D eigenvalue weighted by atomic mass is 9.95. The molecule has 0 unspecified atom stereocenters. The highest BCUT2D eigenvalue weighted by Crippen LogP contribution is 2.26. The number of nitrogens with one attached hydrogen (secondary N) is 1. The molecule has 0 saturated carbocycles. The molecule has 0 spiro atoms. The second-order valence-corrected chi connectivity index (χ2v) is 5.59. The summed E-state index contributed by atoms with van der Waals surface area (Å²) in [6.45, 7) is 6.16. The van der Waals surface area contributed by atoms with Gasteiger partial charge in [-0.15, -0.1) is 0 Å². The quantitative estimate of drug-likeness (QED) is 0.861. The summed E-state index contributed by atoms with van der Waals surface area (Å²) in [5.74, 6) is -0.0805. The lowest BCUT2D eigenvalue weighted by Crippen LogP contribution is -2.19. The number of carbonyl (C=O) groups excluding carboxylic acids is 1. The van der Waals surface area contributed by atoms with Gasteiger partial charge in [0.25, 0.3) is 0 Å². The van der Waals surface area contributed by atoms with Crippen molar-refractivity contribution in [2.75, 3.05) is 6.61 Å². The average molecular weight is 299 g/mol. The first-order valence-corrected chi connectivity index (χ1v) is 7.51. The van der Waals surface area contributed by atoms with Crippen LogP contribution in [0.5, 0.6) is 0 Å². The van der Waals surface area contributed by atoms with Crippen LogP contribution in [0, 0.1) is 5.92 Å². The van der Waals surface area contributed by atoms with E-state index in [2.05, 4.69) is 4.98 Å². The van der Waals surface area contributed by atoms with Crippen LogP contribution in [0.4, 0.5) is 0 Å². The van der Waals surface area contributed by atoms with Crippen molar-refractivity contribution in [2.24, 2.45) is 5.92 Å². The van der Waals surface area contributed by atoms with Crippen LogP contribution in [0.15, 0.2) is 41.2 Å². The van der Waals surface area contributed by atoms with Gasteiger partial charge in [-0.1, -0.05) is 44.2 Å². The van der Waals surface area contributed by atoms with Crippen molar-refractivity contribution in [3.8, 4) is 11.1 Å². The van der Waals surface area contributed by atoms with Crippen molar-refractivity contribution in [2.45, 2.75) is 27.2 Å². The lowest BCUT2D eigenvalue weighted by Gasteiger charge is -2.15. The SMILES string of the molecule is CCOC(=O)c1c(-c2ccccc2)cc(=O)[nH]c1CC(C)C. The highest BCUT2D eigenvalue weighted by atomic mass is 16.5. The van der Waals surface area contributed by atoms with E-state index in [4.69, 9.17) is 4.74 Å². The largest absolute Gasteiger partial charge is 0.462 e. The predicted octanol–water partition coefficient (Wildman–Crippen LogP) is 3.42. The molecule has 4 nitrogen and oxygen atoms in total. The van der Waals surface area contributed by atoms with Crippen molar-refractivity contribution < 1.29 is 9.53 Å². The summed E-state index contributed by atoms with van der Waals surface area (Å²) in [5, 5.41) is 0. The number of pyridine rings is 1. The normalized spacial score (nSPS) is 10.7. The standard InChI is InChI=1S/C18H21NO3/c1-4-22-18(21)17-14(13-8-6-5-7-9-13)11-16(20)19-15(17)10-12(2)3/h5-9,11-12H,4,10H2,1-3H3,(H,19,20). The molecule has 0 aliphatic carbocycles. The molecule has 0 fully saturated rings. The minimum Gasteiger partial charge on any atom is -0.462 e. The Morgan fingerprint density at radius 2 is 1.91 bits per heavy atom. The zero-order valence-electron chi connectivity index (χ0n) is 13.2. The second kappa shape index (κ2) is 7.07. The van der Waals surface area contributed by atoms with Gasteiger partial charge < -0.3 is 9.72 Å². The molecular formula is C18H21NO3. The summed E-state index contributed by atoms with van der Waals surface area (Å²) >= 11 is 0. The second-order valence-electron chi connectivity index (χ2n) is 5.59. The van der Waals surface area contributed by atoms with Crippen molar-refractivity contribution in [3.05, 3.63) is 58.0 Å². The van der Waals surface area contributed by atoms with E-state index >= 15 is 0 Å². The first kappa shape index (κ1) is 16.0. The minimum atomic E-state index is -0.395. The summed E-state index contributed by atoms with van der Waals surface area (Å²) in [6.07, 6.45) is 0.615. The fourth-order valence-electron chi connectivity index (χ4n) is 2.46. The van der Waals surface area contributed by atoms with Crippen molar-refractivity contribution in [3.63, 3.8) is 0 Å². The molecule has 0 aliphatic heterocycles. The number of aromatic nitrogens is 1. The lowest BCUT2D eigenvalue weighted by molar-refractivity contribution is 0.0525. The van der Waals surface area contributed by atoms with Crippen LogP contribution < -0.4 is 5.56 Å². The molecule has 1 aromatic carbocycles. The van der Waals surface area contributed by atoms with Crippen molar-refractivity contribution >= 4 is 5.97 Å². The van der Waals surface area contributed by atoms with E-state index in [0.29, 0.717) is 35.8 Å². The topological polar surface area (TPSA) is 59.2 Å². The van der Waals surface area contributed by atoms with Crippen LogP contribution in [0.1, 0.15) is 36.8 Å². The highest BCUT2D eigenvalue weighted by molar-refractivity contribution is 5.98. The molecular weight excluding hydrogens is 278 g/mol. The molecule has 22 heavy (non-hydrogen) atoms. The Kier molecular flexibility index (Phi) is 5.15. The Bertz CT molecular complexity index is 702. The van der Waals surface area contributed by atoms with E-state index in [9.17, 15) is 9.59 Å². The zero-order chi connectivity index (χ0) is 16.1. The monoisotopic (exact) mass is 299 g/mol. The third kappa shape index (κ3) is 3.64. The molecule has 116 valence electrons. The molecule has 4 heteroatoms. The summed E-state index contributed by atoms with van der Waals surface area (Å²) in [7, 11) is 0. The summed E-state index contributed by atoms with van der Waals surface area (Å²) in [4.78, 5) is 27.2. The van der Waals surface area contributed by atoms with Gasteiger partial charge in [-0.3, -0.25) is 4.79 Å². The molecule has 1 heterocycles. The number of H-pyrrole nitrogens is 1. The van der Waals surface area contributed by atoms with Crippen LogP contribution in [-0.2, 0) is 11.2 Å². The molecule has 0 radical (unpaired) electrons. The molecule has 0 amide bonds. The zero-order valence-corrected chi connectivity index (χ0v) is 13.2. The van der Waals surface area contributed by atoms with Crippen LogP contribution in [0.3, 0.4) is 0 Å². The van der Waals surface area contributed by atoms with E-state index in [1.165, 1.54) is 6.07 Å². The van der Waals surface area contributed by atoms with Crippen LogP contribution in [0.25, 0.3) is 11.1 Å². The van der Waals surface area contributed by atoms with Crippen LogP contribution in [-0.4, -0.2) is 17.6 Å². The fraction of sp³-hybridized carbons (Fsp3) is 0.333. The number of ether oxygens (including phenoxy) is 1. The Labute approximate surface area is 130 Å². The molecule has 0 bridgehead atoms. The van der Waals surface area contributed by atoms with Crippen LogP contribution >= 0.6 is 0 Å². The fourth-order valence-corrected chi connectivity index (χ4v) is 2.46. The summed E-state index contributed by atoms with van der Waals surface area (Å²) in [6, 6.07) is 10.9. The first-order valence-electron chi connectivity index (χ1n) is 7.51. The number of benzene rings is 1. The van der Waals surface area contributed by atoms with Crippen molar-refractivity contribution in [1.82, 2.24) is 4.98 Å². The summed E-state index contributed by atoms with van der Waals surface area (Å²) in [5.41, 5.74) is 2.35. The Balaban J connectivity index is 2.67. The number of hydrogen-bond acceptors (Lipinski definition) is 3. The number of carbonyl (C=O) groups is 1. The van der Waals surface area contributed by atoms with Gasteiger partial charge in [-0.2, -0.15) is 0 Å².